The lowest BCUT2D eigenvalue weighted by atomic mass is 10.4. The van der Waals surface area contributed by atoms with Crippen molar-refractivity contribution in [1.82, 2.24) is 30.4 Å². The lowest BCUT2D eigenvalue weighted by Gasteiger charge is -2.26. The number of aromatic nitrogens is 4. The van der Waals surface area contributed by atoms with Crippen LogP contribution in [0.3, 0.4) is 0 Å². The number of tetrazole rings is 1. The molecule has 8 nitrogen and oxygen atoms in total. The summed E-state index contributed by atoms with van der Waals surface area (Å²) in [4.78, 5) is 13.8. The first-order valence-electron chi connectivity index (χ1n) is 6.20. The van der Waals surface area contributed by atoms with Crippen LogP contribution in [0.15, 0.2) is 5.16 Å². The molecule has 0 bridgehead atoms. The smallest absolute Gasteiger partial charge is 0.233 e. The monoisotopic (exact) mass is 286 g/mol. The molecule has 1 aromatic rings. The third-order valence-corrected chi connectivity index (χ3v) is 3.70. The maximum atomic E-state index is 12.0. The molecule has 0 radical (unpaired) electrons. The van der Waals surface area contributed by atoms with Gasteiger partial charge in [0, 0.05) is 19.6 Å². The number of amides is 1. The number of nitrogens with one attached hydrogen (secondary N) is 1. The Morgan fingerprint density at radius 2 is 2.26 bits per heavy atom. The van der Waals surface area contributed by atoms with Crippen LogP contribution in [-0.2, 0) is 16.1 Å². The first-order valence-corrected chi connectivity index (χ1v) is 7.19. The van der Waals surface area contributed by atoms with E-state index in [2.05, 4.69) is 20.8 Å². The van der Waals surface area contributed by atoms with Crippen LogP contribution in [0.4, 0.5) is 0 Å². The summed E-state index contributed by atoms with van der Waals surface area (Å²) in [6.45, 7) is 4.06. The van der Waals surface area contributed by atoms with E-state index in [1.165, 1.54) is 11.8 Å². The third-order valence-electron chi connectivity index (χ3n) is 2.76. The van der Waals surface area contributed by atoms with Crippen LogP contribution in [0.2, 0.25) is 0 Å². The predicted octanol–water partition coefficient (Wildman–Crippen LogP) is -1.16. The van der Waals surface area contributed by atoms with Crippen molar-refractivity contribution in [1.29, 1.82) is 0 Å². The minimum absolute atomic E-state index is 0.108. The highest BCUT2D eigenvalue weighted by Gasteiger charge is 2.18. The Hall–Kier alpha value is -1.19. The molecule has 1 N–H and O–H groups in total. The van der Waals surface area contributed by atoms with E-state index in [9.17, 15) is 4.79 Å². The Balaban J connectivity index is 1.81. The molecule has 1 saturated heterocycles. The Morgan fingerprint density at radius 3 is 3.00 bits per heavy atom. The average Bonchev–Trinajstić information content (AvgIpc) is 2.91. The van der Waals surface area contributed by atoms with Gasteiger partial charge in [0.25, 0.3) is 0 Å². The van der Waals surface area contributed by atoms with Crippen molar-refractivity contribution in [2.24, 2.45) is 0 Å². The minimum Gasteiger partial charge on any atom is -0.378 e. The normalized spacial score (nSPS) is 15.7. The van der Waals surface area contributed by atoms with Crippen molar-refractivity contribution in [2.45, 2.75) is 11.7 Å². The molecule has 106 valence electrons. The van der Waals surface area contributed by atoms with Crippen molar-refractivity contribution in [3.05, 3.63) is 0 Å². The molecule has 19 heavy (non-hydrogen) atoms. The lowest BCUT2D eigenvalue weighted by Crippen LogP contribution is -2.41. The molecule has 0 aliphatic carbocycles. The van der Waals surface area contributed by atoms with Crippen molar-refractivity contribution >= 4 is 17.7 Å². The van der Waals surface area contributed by atoms with Crippen LogP contribution in [-0.4, -0.2) is 76.7 Å². The van der Waals surface area contributed by atoms with Crippen LogP contribution in [0.25, 0.3) is 0 Å². The Kier molecular flexibility index (Phi) is 5.55. The first-order chi connectivity index (χ1) is 9.31. The molecule has 1 aliphatic heterocycles. The van der Waals surface area contributed by atoms with Crippen LogP contribution < -0.4 is 5.32 Å². The van der Waals surface area contributed by atoms with Gasteiger partial charge in [-0.2, -0.15) is 0 Å². The van der Waals surface area contributed by atoms with Crippen LogP contribution in [0.1, 0.15) is 0 Å². The fraction of sp³-hybridized carbons (Fsp3) is 0.800. The summed E-state index contributed by atoms with van der Waals surface area (Å²) in [6.07, 6.45) is 0. The highest BCUT2D eigenvalue weighted by Crippen LogP contribution is 2.14. The number of hydrogen-bond donors (Lipinski definition) is 1. The summed E-state index contributed by atoms with van der Waals surface area (Å²) in [5.41, 5.74) is 0. The molecule has 0 unspecified atom stereocenters. The molecular formula is C10H18N6O2S. The molecule has 0 spiro atoms. The lowest BCUT2D eigenvalue weighted by molar-refractivity contribution is -0.132. The minimum atomic E-state index is 0.108. The standard InChI is InChI=1S/C10H18N6O2S/c1-11-2-3-16-10(12-13-14-16)19-8-9(17)15-4-6-18-7-5-15/h11H,2-8H2,1H3. The number of thioether (sulfide) groups is 1. The summed E-state index contributed by atoms with van der Waals surface area (Å²) >= 11 is 1.37. The topological polar surface area (TPSA) is 85.2 Å². The van der Waals surface area contributed by atoms with Gasteiger partial charge in [-0.3, -0.25) is 4.79 Å². The number of hydrogen-bond acceptors (Lipinski definition) is 7. The largest absolute Gasteiger partial charge is 0.378 e. The second kappa shape index (κ2) is 7.41. The Labute approximate surface area is 115 Å². The molecule has 0 aromatic carbocycles. The van der Waals surface area contributed by atoms with Crippen LogP contribution in [0.5, 0.6) is 0 Å². The van der Waals surface area contributed by atoms with Crippen LogP contribution >= 0.6 is 11.8 Å². The number of carbonyl (C=O) groups excluding carboxylic acids is 1. The van der Waals surface area contributed by atoms with E-state index in [4.69, 9.17) is 4.74 Å². The molecule has 1 fully saturated rings. The summed E-state index contributed by atoms with van der Waals surface area (Å²) in [6, 6.07) is 0. The molecule has 2 heterocycles. The van der Waals surface area contributed by atoms with Gasteiger partial charge in [-0.25, -0.2) is 4.68 Å². The Bertz CT molecular complexity index is 406. The van der Waals surface area contributed by atoms with E-state index in [0.717, 1.165) is 6.54 Å². The van der Waals surface area contributed by atoms with Crippen LogP contribution in [0, 0.1) is 0 Å². The van der Waals surface area contributed by atoms with E-state index < -0.39 is 0 Å². The van der Waals surface area contributed by atoms with Gasteiger partial charge in [-0.15, -0.1) is 5.10 Å². The van der Waals surface area contributed by atoms with Gasteiger partial charge in [0.1, 0.15) is 0 Å². The summed E-state index contributed by atoms with van der Waals surface area (Å²) in [7, 11) is 1.87. The third kappa shape index (κ3) is 4.15. The number of morpholine rings is 1. The fourth-order valence-electron chi connectivity index (χ4n) is 1.69. The molecule has 0 saturated carbocycles. The van der Waals surface area contributed by atoms with E-state index >= 15 is 0 Å². The number of likely N-dealkylation sites (N-methyl/N-ethyl adjacent to an activating group) is 1. The van der Waals surface area contributed by atoms with Gasteiger partial charge in [-0.1, -0.05) is 11.8 Å². The zero-order valence-electron chi connectivity index (χ0n) is 10.9. The molecular weight excluding hydrogens is 268 g/mol. The molecule has 0 atom stereocenters. The van der Waals surface area contributed by atoms with Crippen molar-refractivity contribution in [3.63, 3.8) is 0 Å². The van der Waals surface area contributed by atoms with E-state index in [-0.39, 0.29) is 5.91 Å². The summed E-state index contributed by atoms with van der Waals surface area (Å²) in [5, 5.41) is 15.2. The second-order valence-corrected chi connectivity index (χ2v) is 5.01. The molecule has 1 aliphatic rings. The van der Waals surface area contributed by atoms with Gasteiger partial charge < -0.3 is 15.0 Å². The van der Waals surface area contributed by atoms with Gasteiger partial charge in [0.15, 0.2) is 0 Å². The SMILES string of the molecule is CNCCn1nnnc1SCC(=O)N1CCOCC1. The predicted molar refractivity (Wildman–Crippen MR) is 69.9 cm³/mol. The van der Waals surface area contributed by atoms with Crippen molar-refractivity contribution in [3.8, 4) is 0 Å². The number of ether oxygens (including phenoxy) is 1. The van der Waals surface area contributed by atoms with Gasteiger partial charge >= 0.3 is 0 Å². The maximum Gasteiger partial charge on any atom is 0.233 e. The number of carbonyl (C=O) groups is 1. The molecule has 1 amide bonds. The summed E-state index contributed by atoms with van der Waals surface area (Å²) < 4.78 is 6.92. The van der Waals surface area contributed by atoms with Gasteiger partial charge in [-0.05, 0) is 17.5 Å². The molecule has 1 aromatic heterocycles. The van der Waals surface area contributed by atoms with Gasteiger partial charge in [0.05, 0.1) is 25.5 Å². The zero-order valence-corrected chi connectivity index (χ0v) is 11.7. The summed E-state index contributed by atoms with van der Waals surface area (Å²) in [5.74, 6) is 0.469. The number of rotatable bonds is 6. The second-order valence-electron chi connectivity index (χ2n) is 4.07. The van der Waals surface area contributed by atoms with Crippen molar-refractivity contribution in [2.75, 3.05) is 45.6 Å². The first kappa shape index (κ1) is 14.2. The quantitative estimate of drug-likeness (QED) is 0.660. The Morgan fingerprint density at radius 1 is 1.47 bits per heavy atom. The van der Waals surface area contributed by atoms with E-state index in [0.29, 0.717) is 43.8 Å². The van der Waals surface area contributed by atoms with E-state index in [1.807, 2.05) is 11.9 Å². The maximum absolute atomic E-state index is 12.0. The zero-order chi connectivity index (χ0) is 13.5. The number of nitrogens with zero attached hydrogens (tertiary/aromatic N) is 5. The average molecular weight is 286 g/mol. The highest BCUT2D eigenvalue weighted by atomic mass is 32.2. The van der Waals surface area contributed by atoms with Gasteiger partial charge in [0.2, 0.25) is 11.1 Å². The molecule has 2 rings (SSSR count). The molecule has 9 heteroatoms. The van der Waals surface area contributed by atoms with Crippen molar-refractivity contribution < 1.29 is 9.53 Å². The van der Waals surface area contributed by atoms with E-state index in [1.54, 1.807) is 4.68 Å². The fourth-order valence-corrected chi connectivity index (χ4v) is 2.49. The highest BCUT2D eigenvalue weighted by molar-refractivity contribution is 7.99.